The molecule has 0 saturated carbocycles. The minimum absolute atomic E-state index is 0.325. The van der Waals surface area contributed by atoms with Gasteiger partial charge in [0.15, 0.2) is 0 Å². The molecule has 70 valence electrons. The largest absolute Gasteiger partial charge is 0.305 e. The molecule has 3 nitrogen and oxygen atoms in total. The Hall–Kier alpha value is -0.970. The summed E-state index contributed by atoms with van der Waals surface area (Å²) in [6, 6.07) is 2.73. The highest BCUT2D eigenvalue weighted by atomic mass is 79.9. The zero-order valence-electron chi connectivity index (χ0n) is 6.88. The van der Waals surface area contributed by atoms with Crippen molar-refractivity contribution < 1.29 is 9.31 Å². The van der Waals surface area contributed by atoms with Gasteiger partial charge in [-0.1, -0.05) is 22.0 Å². The van der Waals surface area contributed by atoms with Crippen LogP contribution in [0.1, 0.15) is 11.1 Å². The van der Waals surface area contributed by atoms with Crippen LogP contribution < -0.4 is 0 Å². The van der Waals surface area contributed by atoms with E-state index >= 15 is 0 Å². The van der Waals surface area contributed by atoms with E-state index in [1.807, 2.05) is 0 Å². The summed E-state index contributed by atoms with van der Waals surface area (Å²) in [4.78, 5) is 9.61. The van der Waals surface area contributed by atoms with E-state index in [4.69, 9.17) is 0 Å². The number of hydrogen-bond acceptors (Lipinski definition) is 2. The van der Waals surface area contributed by atoms with Crippen molar-refractivity contribution in [2.24, 2.45) is 0 Å². The third-order valence-corrected chi connectivity index (χ3v) is 2.42. The van der Waals surface area contributed by atoms with Crippen LogP contribution in [-0.4, -0.2) is 4.92 Å². The van der Waals surface area contributed by atoms with Crippen molar-refractivity contribution in [3.05, 3.63) is 39.2 Å². The minimum Gasteiger partial charge on any atom is -0.258 e. The highest BCUT2D eigenvalue weighted by molar-refractivity contribution is 9.08. The van der Waals surface area contributed by atoms with Crippen molar-refractivity contribution in [2.75, 3.05) is 0 Å². The molecule has 0 saturated heterocycles. The number of alkyl halides is 1. The number of hydrogen-bond donors (Lipinski definition) is 0. The Kier molecular flexibility index (Phi) is 2.98. The van der Waals surface area contributed by atoms with E-state index in [9.17, 15) is 14.5 Å². The molecule has 1 rings (SSSR count). The number of nitro groups is 1. The van der Waals surface area contributed by atoms with Crippen molar-refractivity contribution in [3.63, 3.8) is 0 Å². The lowest BCUT2D eigenvalue weighted by molar-refractivity contribution is -0.387. The Balaban J connectivity index is 3.31. The van der Waals surface area contributed by atoms with Gasteiger partial charge in [-0.3, -0.25) is 10.1 Å². The summed E-state index contributed by atoms with van der Waals surface area (Å²) in [7, 11) is 0. The molecule has 0 unspecified atom stereocenters. The van der Waals surface area contributed by atoms with Gasteiger partial charge in [0, 0.05) is 11.4 Å². The SMILES string of the molecule is Cc1c(CBr)ccc([N+](=O)[O-])c1F. The number of nitrogens with zero attached hydrogens (tertiary/aromatic N) is 1. The number of halogens is 2. The summed E-state index contributed by atoms with van der Waals surface area (Å²) in [6.45, 7) is 1.53. The molecule has 1 aromatic carbocycles. The summed E-state index contributed by atoms with van der Waals surface area (Å²) >= 11 is 3.17. The average Bonchev–Trinajstić information content (AvgIpc) is 2.09. The van der Waals surface area contributed by atoms with Gasteiger partial charge < -0.3 is 0 Å². The Morgan fingerprint density at radius 1 is 1.62 bits per heavy atom. The average molecular weight is 248 g/mol. The van der Waals surface area contributed by atoms with Gasteiger partial charge in [-0.15, -0.1) is 0 Å². The van der Waals surface area contributed by atoms with E-state index in [-0.39, 0.29) is 0 Å². The van der Waals surface area contributed by atoms with Gasteiger partial charge in [0.2, 0.25) is 5.82 Å². The molecule has 0 bridgehead atoms. The standard InChI is InChI=1S/C8H7BrFNO2/c1-5-6(4-9)2-3-7(8(5)10)11(12)13/h2-3H,4H2,1H3. The Morgan fingerprint density at radius 2 is 2.23 bits per heavy atom. The predicted molar refractivity (Wildman–Crippen MR) is 50.4 cm³/mol. The first kappa shape index (κ1) is 10.1. The van der Waals surface area contributed by atoms with E-state index in [0.29, 0.717) is 10.9 Å². The molecule has 0 amide bonds. The van der Waals surface area contributed by atoms with Gasteiger partial charge in [-0.25, -0.2) is 0 Å². The number of nitro benzene ring substituents is 1. The number of benzene rings is 1. The maximum Gasteiger partial charge on any atom is 0.305 e. The van der Waals surface area contributed by atoms with Crippen LogP contribution in [0.15, 0.2) is 12.1 Å². The summed E-state index contributed by atoms with van der Waals surface area (Å²) < 4.78 is 13.2. The molecule has 13 heavy (non-hydrogen) atoms. The predicted octanol–water partition coefficient (Wildman–Crippen LogP) is 2.94. The lowest BCUT2D eigenvalue weighted by atomic mass is 10.1. The van der Waals surface area contributed by atoms with E-state index in [2.05, 4.69) is 15.9 Å². The zero-order chi connectivity index (χ0) is 10.0. The normalized spacial score (nSPS) is 10.1. The summed E-state index contributed by atoms with van der Waals surface area (Å²) in [5.74, 6) is -0.748. The molecule has 0 spiro atoms. The Bertz CT molecular complexity index is 354. The van der Waals surface area contributed by atoms with Crippen molar-refractivity contribution in [1.29, 1.82) is 0 Å². The second kappa shape index (κ2) is 3.83. The molecule has 0 atom stereocenters. The first-order valence-corrected chi connectivity index (χ1v) is 4.68. The molecular formula is C8H7BrFNO2. The molecule has 5 heteroatoms. The third kappa shape index (κ3) is 1.85. The molecule has 0 aromatic heterocycles. The fourth-order valence-corrected chi connectivity index (χ4v) is 1.60. The summed E-state index contributed by atoms with van der Waals surface area (Å²) in [6.07, 6.45) is 0. The van der Waals surface area contributed by atoms with Crippen molar-refractivity contribution in [2.45, 2.75) is 12.3 Å². The van der Waals surface area contributed by atoms with Gasteiger partial charge in [0.05, 0.1) is 4.92 Å². The van der Waals surface area contributed by atoms with E-state index in [1.54, 1.807) is 6.07 Å². The van der Waals surface area contributed by atoms with Crippen molar-refractivity contribution in [3.8, 4) is 0 Å². The molecule has 0 heterocycles. The van der Waals surface area contributed by atoms with Crippen LogP contribution in [-0.2, 0) is 5.33 Å². The van der Waals surface area contributed by atoms with Crippen molar-refractivity contribution >= 4 is 21.6 Å². The molecule has 0 aliphatic heterocycles. The minimum atomic E-state index is -0.748. The molecule has 0 aliphatic rings. The maximum atomic E-state index is 13.2. The fourth-order valence-electron chi connectivity index (χ4n) is 0.997. The van der Waals surface area contributed by atoms with Crippen LogP contribution in [0.5, 0.6) is 0 Å². The van der Waals surface area contributed by atoms with Gasteiger partial charge >= 0.3 is 5.69 Å². The monoisotopic (exact) mass is 247 g/mol. The van der Waals surface area contributed by atoms with Crippen LogP contribution >= 0.6 is 15.9 Å². The molecule has 0 aliphatic carbocycles. The first-order valence-electron chi connectivity index (χ1n) is 3.56. The van der Waals surface area contributed by atoms with Gasteiger partial charge in [-0.05, 0) is 18.1 Å². The van der Waals surface area contributed by atoms with E-state index in [1.165, 1.54) is 13.0 Å². The third-order valence-electron chi connectivity index (χ3n) is 1.82. The molecule has 1 aromatic rings. The van der Waals surface area contributed by atoms with Crippen molar-refractivity contribution in [1.82, 2.24) is 0 Å². The second-order valence-corrected chi connectivity index (χ2v) is 3.13. The molecular weight excluding hydrogens is 241 g/mol. The Labute approximate surface area is 82.8 Å². The zero-order valence-corrected chi connectivity index (χ0v) is 8.47. The molecule has 0 radical (unpaired) electrons. The highest BCUT2D eigenvalue weighted by Crippen LogP contribution is 2.24. The Morgan fingerprint density at radius 3 is 2.69 bits per heavy atom. The lowest BCUT2D eigenvalue weighted by Crippen LogP contribution is -1.97. The second-order valence-electron chi connectivity index (χ2n) is 2.57. The highest BCUT2D eigenvalue weighted by Gasteiger charge is 2.17. The van der Waals surface area contributed by atoms with Crippen LogP contribution in [0, 0.1) is 22.9 Å². The van der Waals surface area contributed by atoms with Gasteiger partial charge in [0.25, 0.3) is 0 Å². The summed E-state index contributed by atoms with van der Waals surface area (Å²) in [5, 5.41) is 10.8. The first-order chi connectivity index (χ1) is 6.07. The summed E-state index contributed by atoms with van der Waals surface area (Å²) in [5.41, 5.74) is 0.580. The maximum absolute atomic E-state index is 13.2. The fraction of sp³-hybridized carbons (Fsp3) is 0.250. The van der Waals surface area contributed by atoms with E-state index < -0.39 is 16.4 Å². The quantitative estimate of drug-likeness (QED) is 0.458. The molecule has 0 fully saturated rings. The van der Waals surface area contributed by atoms with Crippen LogP contribution in [0.4, 0.5) is 10.1 Å². The van der Waals surface area contributed by atoms with E-state index in [0.717, 1.165) is 5.56 Å². The van der Waals surface area contributed by atoms with Crippen LogP contribution in [0.2, 0.25) is 0 Å². The number of rotatable bonds is 2. The molecule has 0 N–H and O–H groups in total. The smallest absolute Gasteiger partial charge is 0.258 e. The van der Waals surface area contributed by atoms with Crippen LogP contribution in [0.25, 0.3) is 0 Å². The lowest BCUT2D eigenvalue weighted by Gasteiger charge is -2.02. The van der Waals surface area contributed by atoms with Crippen LogP contribution in [0.3, 0.4) is 0 Å². The van der Waals surface area contributed by atoms with Gasteiger partial charge in [0.1, 0.15) is 0 Å². The topological polar surface area (TPSA) is 43.1 Å². The van der Waals surface area contributed by atoms with Gasteiger partial charge in [-0.2, -0.15) is 4.39 Å².